The van der Waals surface area contributed by atoms with E-state index in [1.165, 1.54) is 0 Å². The van der Waals surface area contributed by atoms with Crippen molar-refractivity contribution in [2.45, 2.75) is 0 Å². The molecule has 0 spiro atoms. The summed E-state index contributed by atoms with van der Waals surface area (Å²) in [6, 6.07) is 1.78. The molecule has 0 amide bonds. The van der Waals surface area contributed by atoms with Gasteiger partial charge in [-0.1, -0.05) is 0 Å². The van der Waals surface area contributed by atoms with E-state index in [9.17, 15) is 4.79 Å². The maximum atomic E-state index is 10.0. The molecule has 0 fully saturated rings. The summed E-state index contributed by atoms with van der Waals surface area (Å²) in [7, 11) is 3.25. The molecule has 0 saturated carbocycles. The summed E-state index contributed by atoms with van der Waals surface area (Å²) in [4.78, 5) is 12.8. The fourth-order valence-corrected chi connectivity index (χ4v) is 0.794. The summed E-state index contributed by atoms with van der Waals surface area (Å²) in [5, 5.41) is 0. The van der Waals surface area contributed by atoms with Gasteiger partial charge in [-0.15, -0.1) is 0 Å². The molecule has 0 aliphatic rings. The number of carbonyl (C=O) groups is 1. The van der Waals surface area contributed by atoms with Gasteiger partial charge in [0.25, 0.3) is 0 Å². The summed E-state index contributed by atoms with van der Waals surface area (Å²) in [6.07, 6.45) is 2.47. The van der Waals surface area contributed by atoms with E-state index in [1.807, 2.05) is 0 Å². The van der Waals surface area contributed by atoms with Crippen LogP contribution in [0.1, 0.15) is 10.5 Å². The third-order valence-electron chi connectivity index (χ3n) is 0.844. The lowest BCUT2D eigenvalue weighted by atomic mass is 10.5. The zero-order chi connectivity index (χ0) is 8.69. The quantitative estimate of drug-likeness (QED) is 0.734. The summed E-state index contributed by atoms with van der Waals surface area (Å²) in [5.74, 6) is 0. The van der Waals surface area contributed by atoms with E-state index in [0.29, 0.717) is 5.69 Å². The molecule has 1 heterocycles. The van der Waals surface area contributed by atoms with Crippen LogP contribution in [0.15, 0.2) is 16.7 Å². The fourth-order valence-electron chi connectivity index (χ4n) is 0.454. The highest BCUT2D eigenvalue weighted by molar-refractivity contribution is 9.10. The third kappa shape index (κ3) is 3.95. The van der Waals surface area contributed by atoms with Gasteiger partial charge in [0.15, 0.2) is 6.29 Å². The number of halogens is 1. The average molecular weight is 220 g/mol. The topological polar surface area (TPSA) is 42.1 Å². The van der Waals surface area contributed by atoms with Gasteiger partial charge < -0.3 is 9.72 Å². The monoisotopic (exact) mass is 219 g/mol. The molecule has 1 aromatic rings. The van der Waals surface area contributed by atoms with Gasteiger partial charge in [0.2, 0.25) is 0 Å². The van der Waals surface area contributed by atoms with Crippen LogP contribution in [0.3, 0.4) is 0 Å². The minimum absolute atomic E-state index is 0.588. The Hall–Kier alpha value is -0.610. The molecule has 0 saturated heterocycles. The summed E-state index contributed by atoms with van der Waals surface area (Å²) < 4.78 is 5.06. The zero-order valence-electron chi connectivity index (χ0n) is 6.43. The van der Waals surface area contributed by atoms with Crippen LogP contribution in [-0.4, -0.2) is 25.5 Å². The fraction of sp³-hybridized carbons (Fsp3) is 0.286. The number of carbonyl (C=O) groups excluding carboxylic acids is 1. The normalized spacial score (nSPS) is 8.27. The van der Waals surface area contributed by atoms with Crippen LogP contribution < -0.4 is 0 Å². The Balaban J connectivity index is 0.000000292. The Morgan fingerprint density at radius 2 is 2.18 bits per heavy atom. The molecule has 11 heavy (non-hydrogen) atoms. The van der Waals surface area contributed by atoms with Crippen molar-refractivity contribution >= 4 is 22.2 Å². The first-order chi connectivity index (χ1) is 5.26. The molecule has 1 rings (SSSR count). The van der Waals surface area contributed by atoms with Gasteiger partial charge in [0.1, 0.15) is 0 Å². The van der Waals surface area contributed by atoms with E-state index in [4.69, 9.17) is 0 Å². The highest BCUT2D eigenvalue weighted by Gasteiger charge is 1.94. The molecule has 0 bridgehead atoms. The number of hydrogen-bond acceptors (Lipinski definition) is 2. The van der Waals surface area contributed by atoms with Crippen molar-refractivity contribution in [2.75, 3.05) is 14.2 Å². The van der Waals surface area contributed by atoms with Gasteiger partial charge in [-0.05, 0) is 22.0 Å². The number of H-pyrrole nitrogens is 1. The molecule has 4 heteroatoms. The largest absolute Gasteiger partial charge is 0.388 e. The van der Waals surface area contributed by atoms with Crippen LogP contribution in [0.25, 0.3) is 0 Å². The number of ether oxygens (including phenoxy) is 1. The Labute approximate surface area is 73.9 Å². The van der Waals surface area contributed by atoms with E-state index in [0.717, 1.165) is 10.8 Å². The summed E-state index contributed by atoms with van der Waals surface area (Å²) in [5.41, 5.74) is 0.588. The molecule has 0 aliphatic heterocycles. The Kier molecular flexibility index (Phi) is 5.78. The minimum Gasteiger partial charge on any atom is -0.388 e. The maximum Gasteiger partial charge on any atom is 0.167 e. The van der Waals surface area contributed by atoms with Gasteiger partial charge in [0.05, 0.1) is 5.69 Å². The van der Waals surface area contributed by atoms with Crippen molar-refractivity contribution in [2.24, 2.45) is 0 Å². The van der Waals surface area contributed by atoms with Crippen molar-refractivity contribution in [1.82, 2.24) is 4.98 Å². The minimum atomic E-state index is 0.588. The molecule has 62 valence electrons. The zero-order valence-corrected chi connectivity index (χ0v) is 8.01. The molecule has 0 aromatic carbocycles. The first kappa shape index (κ1) is 10.4. The van der Waals surface area contributed by atoms with Crippen molar-refractivity contribution in [1.29, 1.82) is 0 Å². The number of methoxy groups -OCH3 is 1. The highest BCUT2D eigenvalue weighted by atomic mass is 79.9. The summed E-state index contributed by atoms with van der Waals surface area (Å²) >= 11 is 3.16. The number of aldehydes is 1. The van der Waals surface area contributed by atoms with Crippen molar-refractivity contribution in [3.05, 3.63) is 22.4 Å². The van der Waals surface area contributed by atoms with E-state index in [1.54, 1.807) is 26.5 Å². The summed E-state index contributed by atoms with van der Waals surface area (Å²) in [6.45, 7) is 0. The van der Waals surface area contributed by atoms with Crippen LogP contribution in [0, 0.1) is 0 Å². The first-order valence-corrected chi connectivity index (χ1v) is 3.73. The molecule has 0 aliphatic carbocycles. The first-order valence-electron chi connectivity index (χ1n) is 2.94. The molecule has 0 unspecified atom stereocenters. The van der Waals surface area contributed by atoms with E-state index in [-0.39, 0.29) is 0 Å². The van der Waals surface area contributed by atoms with Crippen LogP contribution in [0.2, 0.25) is 0 Å². The Morgan fingerprint density at radius 3 is 2.36 bits per heavy atom. The van der Waals surface area contributed by atoms with Gasteiger partial charge >= 0.3 is 0 Å². The lowest BCUT2D eigenvalue weighted by Gasteiger charge is -1.78. The number of rotatable bonds is 1. The van der Waals surface area contributed by atoms with Gasteiger partial charge in [-0.25, -0.2) is 0 Å². The van der Waals surface area contributed by atoms with E-state index in [2.05, 4.69) is 25.7 Å². The number of hydrogen-bond donors (Lipinski definition) is 1. The van der Waals surface area contributed by atoms with Crippen LogP contribution in [-0.2, 0) is 4.74 Å². The Bertz CT molecular complexity index is 210. The predicted molar refractivity (Wildman–Crippen MR) is 46.8 cm³/mol. The predicted octanol–water partition coefficient (Wildman–Crippen LogP) is 1.85. The van der Waals surface area contributed by atoms with Gasteiger partial charge in [0, 0.05) is 24.9 Å². The number of aromatic nitrogens is 1. The molecule has 0 atom stereocenters. The lowest BCUT2D eigenvalue weighted by molar-refractivity contribution is 0.111. The van der Waals surface area contributed by atoms with Gasteiger partial charge in [-0.2, -0.15) is 0 Å². The average Bonchev–Trinajstić information content (AvgIpc) is 2.36. The van der Waals surface area contributed by atoms with E-state index < -0.39 is 0 Å². The standard InChI is InChI=1S/C5H4BrNO.C2H6O/c6-4-1-2-7-5(4)3-8;1-3-2/h1-3,7H;1-2H3. The smallest absolute Gasteiger partial charge is 0.167 e. The number of aromatic amines is 1. The van der Waals surface area contributed by atoms with Crippen LogP contribution in [0.4, 0.5) is 0 Å². The second kappa shape index (κ2) is 6.12. The molecule has 3 nitrogen and oxygen atoms in total. The second-order valence-electron chi connectivity index (χ2n) is 1.77. The van der Waals surface area contributed by atoms with Gasteiger partial charge in [-0.3, -0.25) is 4.79 Å². The second-order valence-corrected chi connectivity index (χ2v) is 2.62. The molecule has 1 aromatic heterocycles. The molecular formula is C7H10BrNO2. The Morgan fingerprint density at radius 1 is 1.64 bits per heavy atom. The SMILES string of the molecule is COC.O=Cc1[nH]ccc1Br. The lowest BCUT2D eigenvalue weighted by Crippen LogP contribution is -1.75. The molecular weight excluding hydrogens is 210 g/mol. The van der Waals surface area contributed by atoms with Crippen LogP contribution in [0.5, 0.6) is 0 Å². The molecule has 1 N–H and O–H groups in total. The van der Waals surface area contributed by atoms with Crippen LogP contribution >= 0.6 is 15.9 Å². The third-order valence-corrected chi connectivity index (χ3v) is 1.54. The van der Waals surface area contributed by atoms with E-state index >= 15 is 0 Å². The van der Waals surface area contributed by atoms with Crippen molar-refractivity contribution in [3.63, 3.8) is 0 Å². The molecule has 0 radical (unpaired) electrons. The highest BCUT2D eigenvalue weighted by Crippen LogP contribution is 2.11. The van der Waals surface area contributed by atoms with Crippen molar-refractivity contribution in [3.8, 4) is 0 Å². The number of nitrogens with one attached hydrogen (secondary N) is 1. The maximum absolute atomic E-state index is 10.0. The van der Waals surface area contributed by atoms with Crippen molar-refractivity contribution < 1.29 is 9.53 Å².